The summed E-state index contributed by atoms with van der Waals surface area (Å²) in [5, 5.41) is 10.6. The minimum Gasteiger partial charge on any atom is -0.462 e. The molecule has 0 aromatic rings. The van der Waals surface area contributed by atoms with Crippen LogP contribution in [0.4, 0.5) is 0 Å². The number of phosphoric acid groups is 2. The SMILES string of the molecule is CCCCCCCCCCCCCCCCCCCCCC(=O)O[C@H](COC(=O)CCCCCCCCCCCCCC(C)C)COP(=O)(O)OC[C@@H](O)COP(=O)(O)OC[C@@H](COC(=O)CCCCCCCCCC)OC(=O)CCCCCCCCCCCCC(C)CC. The van der Waals surface area contributed by atoms with E-state index >= 15 is 0 Å². The Labute approximate surface area is 581 Å². The normalized spacial score (nSPS) is 14.3. The van der Waals surface area contributed by atoms with E-state index in [0.717, 1.165) is 108 Å². The summed E-state index contributed by atoms with van der Waals surface area (Å²) in [6, 6.07) is 0. The fraction of sp³-hybridized carbons (Fsp3) is 0.947. The Kier molecular flexibility index (Phi) is 66.5. The first-order chi connectivity index (χ1) is 45.9. The van der Waals surface area contributed by atoms with Crippen molar-refractivity contribution in [2.75, 3.05) is 39.6 Å². The van der Waals surface area contributed by atoms with Gasteiger partial charge in [-0.1, -0.05) is 343 Å². The molecule has 0 saturated heterocycles. The van der Waals surface area contributed by atoms with Gasteiger partial charge in [0.2, 0.25) is 0 Å². The van der Waals surface area contributed by atoms with Crippen molar-refractivity contribution in [2.45, 2.75) is 413 Å². The molecular weight excluding hydrogens is 1250 g/mol. The second kappa shape index (κ2) is 67.9. The third kappa shape index (κ3) is 69.0. The van der Waals surface area contributed by atoms with E-state index in [9.17, 15) is 43.2 Å². The Balaban J connectivity index is 5.21. The second-order valence-electron chi connectivity index (χ2n) is 28.1. The van der Waals surface area contributed by atoms with Crippen LogP contribution in [0.5, 0.6) is 0 Å². The molecule has 0 aliphatic heterocycles. The molecular formula is C76H148O17P2. The molecule has 0 aliphatic carbocycles. The van der Waals surface area contributed by atoms with Crippen molar-refractivity contribution in [2.24, 2.45) is 11.8 Å². The van der Waals surface area contributed by atoms with E-state index in [1.54, 1.807) is 0 Å². The Morgan fingerprint density at radius 2 is 0.537 bits per heavy atom. The highest BCUT2D eigenvalue weighted by Gasteiger charge is 2.30. The topological polar surface area (TPSA) is 237 Å². The molecule has 0 fully saturated rings. The predicted octanol–water partition coefficient (Wildman–Crippen LogP) is 22.3. The molecule has 3 unspecified atom stereocenters. The number of ether oxygens (including phenoxy) is 4. The third-order valence-corrected chi connectivity index (χ3v) is 20.0. The zero-order chi connectivity index (χ0) is 70.0. The number of rotatable bonds is 75. The van der Waals surface area contributed by atoms with Gasteiger partial charge < -0.3 is 33.8 Å². The summed E-state index contributed by atoms with van der Waals surface area (Å²) in [6.45, 7) is 9.60. The minimum atomic E-state index is -4.96. The summed E-state index contributed by atoms with van der Waals surface area (Å²) >= 11 is 0. The minimum absolute atomic E-state index is 0.106. The summed E-state index contributed by atoms with van der Waals surface area (Å²) in [5.74, 6) is -0.544. The van der Waals surface area contributed by atoms with Crippen LogP contribution in [0, 0.1) is 11.8 Å². The van der Waals surface area contributed by atoms with Crippen molar-refractivity contribution >= 4 is 39.5 Å². The molecule has 0 saturated carbocycles. The highest BCUT2D eigenvalue weighted by Crippen LogP contribution is 2.45. The summed E-state index contributed by atoms with van der Waals surface area (Å²) in [4.78, 5) is 72.7. The maximum Gasteiger partial charge on any atom is 0.472 e. The van der Waals surface area contributed by atoms with Gasteiger partial charge in [-0.15, -0.1) is 0 Å². The van der Waals surface area contributed by atoms with Crippen molar-refractivity contribution in [1.29, 1.82) is 0 Å². The molecule has 0 amide bonds. The Morgan fingerprint density at radius 1 is 0.305 bits per heavy atom. The molecule has 17 nitrogen and oxygen atoms in total. The number of phosphoric ester groups is 2. The van der Waals surface area contributed by atoms with E-state index in [-0.39, 0.29) is 25.7 Å². The number of unbranched alkanes of at least 4 members (excludes halogenated alkanes) is 44. The first-order valence-electron chi connectivity index (χ1n) is 39.5. The lowest BCUT2D eigenvalue weighted by molar-refractivity contribution is -0.161. The van der Waals surface area contributed by atoms with Crippen molar-refractivity contribution < 1.29 is 80.2 Å². The van der Waals surface area contributed by atoms with Gasteiger partial charge in [0, 0.05) is 25.7 Å². The standard InChI is InChI=1S/C76H148O17P2/c1-7-10-12-14-16-18-19-20-21-22-23-24-25-26-29-36-42-48-54-60-75(80)93-72(65-87-74(79)59-53-47-41-35-30-27-28-33-38-44-50-56-68(4)5)67-91-95(84,85)89-63-70(77)62-88-94(82,83)90-66-71(64-86-73(78)58-52-46-40-17-15-13-11-8-2)92-76(81)61-55-49-43-37-32-31-34-39-45-51-57-69(6)9-3/h68-72,77H,7-67H2,1-6H3,(H,82,83)(H,84,85)/t69?,70-,71+,72+/m0/s1. The second-order valence-corrected chi connectivity index (χ2v) is 31.0. The van der Waals surface area contributed by atoms with Gasteiger partial charge in [-0.2, -0.15) is 0 Å². The monoisotopic (exact) mass is 1400 g/mol. The fourth-order valence-corrected chi connectivity index (χ4v) is 13.2. The first-order valence-corrected chi connectivity index (χ1v) is 42.5. The molecule has 0 radical (unpaired) electrons. The zero-order valence-electron chi connectivity index (χ0n) is 62.0. The summed E-state index contributed by atoms with van der Waals surface area (Å²) in [5.41, 5.74) is 0. The number of esters is 4. The van der Waals surface area contributed by atoms with Crippen LogP contribution in [0.15, 0.2) is 0 Å². The van der Waals surface area contributed by atoms with Crippen LogP contribution in [0.2, 0.25) is 0 Å². The molecule has 0 heterocycles. The Morgan fingerprint density at radius 3 is 0.800 bits per heavy atom. The Hall–Kier alpha value is -1.94. The van der Waals surface area contributed by atoms with Crippen molar-refractivity contribution in [3.8, 4) is 0 Å². The van der Waals surface area contributed by atoms with Gasteiger partial charge in [0.25, 0.3) is 0 Å². The molecule has 19 heteroatoms. The molecule has 6 atom stereocenters. The molecule has 0 aromatic heterocycles. The lowest BCUT2D eigenvalue weighted by Gasteiger charge is -2.21. The Bertz CT molecular complexity index is 1840. The molecule has 3 N–H and O–H groups in total. The van der Waals surface area contributed by atoms with Crippen LogP contribution in [0.1, 0.15) is 395 Å². The van der Waals surface area contributed by atoms with Crippen LogP contribution in [-0.4, -0.2) is 96.7 Å². The fourth-order valence-electron chi connectivity index (χ4n) is 11.6. The van der Waals surface area contributed by atoms with E-state index in [1.165, 1.54) is 205 Å². The van der Waals surface area contributed by atoms with Gasteiger partial charge in [0.15, 0.2) is 12.2 Å². The third-order valence-electron chi connectivity index (χ3n) is 18.1. The lowest BCUT2D eigenvalue weighted by Crippen LogP contribution is -2.30. The molecule has 0 bridgehead atoms. The highest BCUT2D eigenvalue weighted by atomic mass is 31.2. The van der Waals surface area contributed by atoms with Gasteiger partial charge in [0.05, 0.1) is 26.4 Å². The number of hydrogen-bond donors (Lipinski definition) is 3. The number of aliphatic hydroxyl groups excluding tert-OH is 1. The summed E-state index contributed by atoms with van der Waals surface area (Å²) in [7, 11) is -9.91. The van der Waals surface area contributed by atoms with Crippen LogP contribution < -0.4 is 0 Å². The number of carbonyl (C=O) groups excluding carboxylic acids is 4. The number of hydrogen-bond acceptors (Lipinski definition) is 15. The summed E-state index contributed by atoms with van der Waals surface area (Å²) in [6.07, 6.45) is 55.5. The average Bonchev–Trinajstić information content (AvgIpc) is 2.34. The predicted molar refractivity (Wildman–Crippen MR) is 386 cm³/mol. The molecule has 95 heavy (non-hydrogen) atoms. The number of carbonyl (C=O) groups is 4. The van der Waals surface area contributed by atoms with Gasteiger partial charge in [-0.3, -0.25) is 37.3 Å². The molecule has 0 aliphatic rings. The molecule has 0 spiro atoms. The molecule has 564 valence electrons. The van der Waals surface area contributed by atoms with Crippen LogP contribution >= 0.6 is 15.6 Å². The highest BCUT2D eigenvalue weighted by molar-refractivity contribution is 7.47. The maximum atomic E-state index is 13.1. The van der Waals surface area contributed by atoms with Gasteiger partial charge in [-0.25, -0.2) is 9.13 Å². The van der Waals surface area contributed by atoms with Gasteiger partial charge >= 0.3 is 39.5 Å². The van der Waals surface area contributed by atoms with Crippen molar-refractivity contribution in [3.63, 3.8) is 0 Å². The summed E-state index contributed by atoms with van der Waals surface area (Å²) < 4.78 is 68.5. The van der Waals surface area contributed by atoms with Gasteiger partial charge in [-0.05, 0) is 37.5 Å². The lowest BCUT2D eigenvalue weighted by atomic mass is 9.99. The van der Waals surface area contributed by atoms with Crippen molar-refractivity contribution in [3.05, 3.63) is 0 Å². The van der Waals surface area contributed by atoms with E-state index in [1.807, 2.05) is 0 Å². The van der Waals surface area contributed by atoms with E-state index in [0.29, 0.717) is 25.7 Å². The van der Waals surface area contributed by atoms with Gasteiger partial charge in [0.1, 0.15) is 19.3 Å². The number of aliphatic hydroxyl groups is 1. The van der Waals surface area contributed by atoms with E-state index < -0.39 is 97.5 Å². The van der Waals surface area contributed by atoms with Crippen molar-refractivity contribution in [1.82, 2.24) is 0 Å². The van der Waals surface area contributed by atoms with E-state index in [4.69, 9.17) is 37.0 Å². The largest absolute Gasteiger partial charge is 0.472 e. The molecule has 0 rings (SSSR count). The van der Waals surface area contributed by atoms with Crippen LogP contribution in [0.25, 0.3) is 0 Å². The smallest absolute Gasteiger partial charge is 0.462 e. The van der Waals surface area contributed by atoms with E-state index in [2.05, 4.69) is 41.5 Å². The maximum absolute atomic E-state index is 13.1. The van der Waals surface area contributed by atoms with Crippen LogP contribution in [0.3, 0.4) is 0 Å². The zero-order valence-corrected chi connectivity index (χ0v) is 63.8. The quantitative estimate of drug-likeness (QED) is 0.0222. The first kappa shape index (κ1) is 93.1. The average molecular weight is 1400 g/mol. The molecule has 0 aromatic carbocycles. The van der Waals surface area contributed by atoms with Crippen LogP contribution in [-0.2, 0) is 65.4 Å².